The van der Waals surface area contributed by atoms with Crippen LogP contribution in [0.4, 0.5) is 0 Å². The first-order valence-corrected chi connectivity index (χ1v) is 7.90. The molecule has 0 spiro atoms. The van der Waals surface area contributed by atoms with Gasteiger partial charge in [0, 0.05) is 31.7 Å². The van der Waals surface area contributed by atoms with E-state index >= 15 is 0 Å². The molecular weight excluding hydrogens is 280 g/mol. The van der Waals surface area contributed by atoms with Gasteiger partial charge in [0.2, 0.25) is 0 Å². The molecule has 1 aliphatic rings. The lowest BCUT2D eigenvalue weighted by atomic mass is 10.2. The molecule has 6 nitrogen and oxygen atoms in total. The van der Waals surface area contributed by atoms with Crippen molar-refractivity contribution < 1.29 is 9.15 Å². The number of H-pyrrole nitrogens is 1. The predicted molar refractivity (Wildman–Crippen MR) is 84.6 cm³/mol. The first-order chi connectivity index (χ1) is 10.8. The number of nitrogens with one attached hydrogen (secondary N) is 2. The third kappa shape index (κ3) is 3.58. The average Bonchev–Trinajstić information content (AvgIpc) is 3.16. The van der Waals surface area contributed by atoms with Crippen LogP contribution in [0, 0.1) is 6.92 Å². The Morgan fingerprint density at radius 1 is 1.45 bits per heavy atom. The lowest BCUT2D eigenvalue weighted by Crippen LogP contribution is -2.46. The van der Waals surface area contributed by atoms with Crippen LogP contribution >= 0.6 is 0 Å². The molecule has 2 aromatic rings. The molecule has 0 saturated carbocycles. The summed E-state index contributed by atoms with van der Waals surface area (Å²) in [6.07, 6.45) is 2.11. The summed E-state index contributed by atoms with van der Waals surface area (Å²) in [7, 11) is 0. The lowest BCUT2D eigenvalue weighted by molar-refractivity contribution is -0.0253. The Hall–Kier alpha value is -1.63. The summed E-state index contributed by atoms with van der Waals surface area (Å²) in [4.78, 5) is 2.42. The van der Waals surface area contributed by atoms with Crippen LogP contribution in [-0.4, -0.2) is 54.0 Å². The quantitative estimate of drug-likeness (QED) is 0.852. The maximum atomic E-state index is 5.80. The van der Waals surface area contributed by atoms with Crippen LogP contribution in [-0.2, 0) is 11.3 Å². The molecule has 2 aromatic heterocycles. The molecule has 0 amide bonds. The highest BCUT2D eigenvalue weighted by molar-refractivity contribution is 5.56. The summed E-state index contributed by atoms with van der Waals surface area (Å²) in [6, 6.07) is 3.93. The minimum absolute atomic E-state index is 0.259. The standard InChI is InChI=1S/C16H24N4O2/c1-3-20-6-7-21-14(11-20)10-17-8-13-9-18-19-16(13)15-5-4-12(2)22-15/h4-5,9,14,17H,3,6-8,10-11H2,1-2H3,(H,18,19)/t14-/m0/s1. The zero-order valence-corrected chi connectivity index (χ0v) is 13.3. The maximum absolute atomic E-state index is 5.80. The molecule has 0 aromatic carbocycles. The topological polar surface area (TPSA) is 66.3 Å². The largest absolute Gasteiger partial charge is 0.460 e. The normalized spacial score (nSPS) is 19.6. The van der Waals surface area contributed by atoms with Gasteiger partial charge < -0.3 is 14.5 Å². The van der Waals surface area contributed by atoms with Crippen molar-refractivity contribution in [3.63, 3.8) is 0 Å². The van der Waals surface area contributed by atoms with Crippen LogP contribution in [0.1, 0.15) is 18.2 Å². The molecule has 1 atom stereocenters. The Kier molecular flexibility index (Phi) is 4.92. The summed E-state index contributed by atoms with van der Waals surface area (Å²) < 4.78 is 11.5. The summed E-state index contributed by atoms with van der Waals surface area (Å²) in [6.45, 7) is 9.68. The zero-order valence-electron chi connectivity index (χ0n) is 13.3. The van der Waals surface area contributed by atoms with Gasteiger partial charge in [-0.3, -0.25) is 10.00 Å². The van der Waals surface area contributed by atoms with Crippen LogP contribution in [0.2, 0.25) is 0 Å². The first kappa shape index (κ1) is 15.3. The molecule has 1 fully saturated rings. The van der Waals surface area contributed by atoms with Gasteiger partial charge >= 0.3 is 0 Å². The Balaban J connectivity index is 1.53. The van der Waals surface area contributed by atoms with E-state index in [1.165, 1.54) is 0 Å². The Morgan fingerprint density at radius 2 is 2.36 bits per heavy atom. The van der Waals surface area contributed by atoms with Crippen LogP contribution < -0.4 is 5.32 Å². The number of aryl methyl sites for hydroxylation is 1. The van der Waals surface area contributed by atoms with E-state index in [-0.39, 0.29) is 6.10 Å². The zero-order chi connectivity index (χ0) is 15.4. The van der Waals surface area contributed by atoms with Gasteiger partial charge in [-0.1, -0.05) is 6.92 Å². The monoisotopic (exact) mass is 304 g/mol. The van der Waals surface area contributed by atoms with Crippen molar-refractivity contribution in [2.45, 2.75) is 26.5 Å². The van der Waals surface area contributed by atoms with Crippen molar-refractivity contribution in [2.24, 2.45) is 0 Å². The summed E-state index contributed by atoms with van der Waals surface area (Å²) >= 11 is 0. The van der Waals surface area contributed by atoms with Gasteiger partial charge in [-0.2, -0.15) is 5.10 Å². The molecule has 0 radical (unpaired) electrons. The second-order valence-electron chi connectivity index (χ2n) is 5.70. The molecular formula is C16H24N4O2. The lowest BCUT2D eigenvalue weighted by Gasteiger charge is -2.32. The first-order valence-electron chi connectivity index (χ1n) is 7.90. The van der Waals surface area contributed by atoms with E-state index in [1.807, 2.05) is 25.3 Å². The number of hydrogen-bond donors (Lipinski definition) is 2. The number of aromatic amines is 1. The van der Waals surface area contributed by atoms with Crippen molar-refractivity contribution in [2.75, 3.05) is 32.8 Å². The summed E-state index contributed by atoms with van der Waals surface area (Å²) in [5.41, 5.74) is 2.05. The average molecular weight is 304 g/mol. The molecule has 2 N–H and O–H groups in total. The van der Waals surface area contributed by atoms with Gasteiger partial charge in [0.1, 0.15) is 11.5 Å². The number of ether oxygens (including phenoxy) is 1. The van der Waals surface area contributed by atoms with Crippen LogP contribution in [0.3, 0.4) is 0 Å². The maximum Gasteiger partial charge on any atom is 0.152 e. The molecule has 22 heavy (non-hydrogen) atoms. The molecule has 3 heterocycles. The van der Waals surface area contributed by atoms with Gasteiger partial charge in [-0.15, -0.1) is 0 Å². The molecule has 6 heteroatoms. The van der Waals surface area contributed by atoms with Crippen LogP contribution in [0.25, 0.3) is 11.5 Å². The van der Waals surface area contributed by atoms with Crippen molar-refractivity contribution in [3.05, 3.63) is 29.7 Å². The second kappa shape index (κ2) is 7.09. The number of likely N-dealkylation sites (N-methyl/N-ethyl adjacent to an activating group) is 1. The third-order valence-electron chi connectivity index (χ3n) is 4.06. The number of nitrogens with zero attached hydrogens (tertiary/aromatic N) is 2. The van der Waals surface area contributed by atoms with E-state index in [4.69, 9.17) is 9.15 Å². The summed E-state index contributed by atoms with van der Waals surface area (Å²) in [5.74, 6) is 1.73. The number of hydrogen-bond acceptors (Lipinski definition) is 5. The summed E-state index contributed by atoms with van der Waals surface area (Å²) in [5, 5.41) is 10.6. The Labute approximate surface area is 130 Å². The molecule has 0 unspecified atom stereocenters. The molecule has 0 bridgehead atoms. The number of morpholine rings is 1. The van der Waals surface area contributed by atoms with Crippen molar-refractivity contribution in [1.29, 1.82) is 0 Å². The minimum Gasteiger partial charge on any atom is -0.460 e. The molecule has 3 rings (SSSR count). The number of aromatic nitrogens is 2. The van der Waals surface area contributed by atoms with E-state index in [0.29, 0.717) is 0 Å². The smallest absolute Gasteiger partial charge is 0.152 e. The van der Waals surface area contributed by atoms with Gasteiger partial charge in [0.15, 0.2) is 5.76 Å². The van der Waals surface area contributed by atoms with Gasteiger partial charge in [0.05, 0.1) is 18.9 Å². The fraction of sp³-hybridized carbons (Fsp3) is 0.562. The highest BCUT2D eigenvalue weighted by Crippen LogP contribution is 2.23. The van der Waals surface area contributed by atoms with Crippen molar-refractivity contribution >= 4 is 0 Å². The Bertz CT molecular complexity index is 592. The highest BCUT2D eigenvalue weighted by atomic mass is 16.5. The second-order valence-corrected chi connectivity index (χ2v) is 5.70. The third-order valence-corrected chi connectivity index (χ3v) is 4.06. The number of furan rings is 1. The molecule has 1 saturated heterocycles. The molecule has 120 valence electrons. The van der Waals surface area contributed by atoms with E-state index in [9.17, 15) is 0 Å². The van der Waals surface area contributed by atoms with Crippen molar-refractivity contribution in [3.8, 4) is 11.5 Å². The van der Waals surface area contributed by atoms with E-state index < -0.39 is 0 Å². The van der Waals surface area contributed by atoms with E-state index in [0.717, 1.165) is 62.1 Å². The van der Waals surface area contributed by atoms with Gasteiger partial charge in [0.25, 0.3) is 0 Å². The van der Waals surface area contributed by atoms with Crippen LogP contribution in [0.15, 0.2) is 22.7 Å². The minimum atomic E-state index is 0.259. The Morgan fingerprint density at radius 3 is 3.14 bits per heavy atom. The molecule has 0 aliphatic carbocycles. The van der Waals surface area contributed by atoms with Crippen molar-refractivity contribution in [1.82, 2.24) is 20.4 Å². The van der Waals surface area contributed by atoms with Gasteiger partial charge in [-0.05, 0) is 25.6 Å². The predicted octanol–water partition coefficient (Wildman–Crippen LogP) is 1.79. The highest BCUT2D eigenvalue weighted by Gasteiger charge is 2.19. The molecule has 1 aliphatic heterocycles. The van der Waals surface area contributed by atoms with Gasteiger partial charge in [-0.25, -0.2) is 0 Å². The SMILES string of the molecule is CCN1CCO[C@@H](CNCc2cn[nH]c2-c2ccc(C)o2)C1. The fourth-order valence-corrected chi connectivity index (χ4v) is 2.79. The number of rotatable bonds is 6. The van der Waals surface area contributed by atoms with Crippen LogP contribution in [0.5, 0.6) is 0 Å². The fourth-order valence-electron chi connectivity index (χ4n) is 2.79. The van der Waals surface area contributed by atoms with E-state index in [2.05, 4.69) is 27.3 Å². The van der Waals surface area contributed by atoms with E-state index in [1.54, 1.807) is 0 Å².